The standard InChI is InChI=1S/C12H19N3O3S/c1-9-5-6-10(2)11(7-9)14-12(16)8-13-19(17,18)15(3)4/h5-7,13H,8H2,1-4H3,(H,14,16). The molecule has 0 spiro atoms. The smallest absolute Gasteiger partial charge is 0.279 e. The number of amides is 1. The summed E-state index contributed by atoms with van der Waals surface area (Å²) in [4.78, 5) is 11.7. The first-order valence-corrected chi connectivity index (χ1v) is 7.20. The van der Waals surface area contributed by atoms with Crippen molar-refractivity contribution in [3.63, 3.8) is 0 Å². The first-order chi connectivity index (χ1) is 8.72. The predicted octanol–water partition coefficient (Wildman–Crippen LogP) is 0.638. The molecule has 0 saturated carbocycles. The molecule has 1 aromatic carbocycles. The molecule has 6 nitrogen and oxygen atoms in total. The highest BCUT2D eigenvalue weighted by atomic mass is 32.2. The molecule has 0 aromatic heterocycles. The highest BCUT2D eigenvalue weighted by molar-refractivity contribution is 7.87. The second-order valence-corrected chi connectivity index (χ2v) is 6.44. The summed E-state index contributed by atoms with van der Waals surface area (Å²) >= 11 is 0. The van der Waals surface area contributed by atoms with Gasteiger partial charge in [-0.25, -0.2) is 0 Å². The molecule has 0 unspecified atom stereocenters. The number of hydrogen-bond donors (Lipinski definition) is 2. The topological polar surface area (TPSA) is 78.5 Å². The molecule has 1 rings (SSSR count). The lowest BCUT2D eigenvalue weighted by molar-refractivity contribution is -0.115. The molecule has 0 aliphatic heterocycles. The van der Waals surface area contributed by atoms with E-state index in [9.17, 15) is 13.2 Å². The molecule has 0 saturated heterocycles. The van der Waals surface area contributed by atoms with Gasteiger partial charge in [0.1, 0.15) is 0 Å². The molecule has 2 N–H and O–H groups in total. The number of nitrogens with one attached hydrogen (secondary N) is 2. The van der Waals surface area contributed by atoms with Gasteiger partial charge in [-0.1, -0.05) is 12.1 Å². The molecule has 0 bridgehead atoms. The molecule has 19 heavy (non-hydrogen) atoms. The van der Waals surface area contributed by atoms with E-state index < -0.39 is 16.1 Å². The Kier molecular flexibility index (Phi) is 5.04. The average molecular weight is 285 g/mol. The van der Waals surface area contributed by atoms with E-state index in [1.165, 1.54) is 14.1 Å². The van der Waals surface area contributed by atoms with Crippen LogP contribution in [0.25, 0.3) is 0 Å². The number of carbonyl (C=O) groups excluding carboxylic acids is 1. The minimum atomic E-state index is -3.58. The summed E-state index contributed by atoms with van der Waals surface area (Å²) in [6.45, 7) is 3.50. The van der Waals surface area contributed by atoms with Gasteiger partial charge in [-0.3, -0.25) is 4.79 Å². The van der Waals surface area contributed by atoms with Crippen molar-refractivity contribution in [2.24, 2.45) is 0 Å². The lowest BCUT2D eigenvalue weighted by atomic mass is 10.1. The highest BCUT2D eigenvalue weighted by Gasteiger charge is 2.14. The molecule has 0 atom stereocenters. The monoisotopic (exact) mass is 285 g/mol. The summed E-state index contributed by atoms with van der Waals surface area (Å²) in [5.41, 5.74) is 2.64. The molecule has 1 aromatic rings. The van der Waals surface area contributed by atoms with Crippen molar-refractivity contribution >= 4 is 21.8 Å². The minimum absolute atomic E-state index is 0.298. The van der Waals surface area contributed by atoms with Crippen LogP contribution in [-0.2, 0) is 15.0 Å². The van der Waals surface area contributed by atoms with E-state index in [1.54, 1.807) is 0 Å². The molecular formula is C12H19N3O3S. The number of carbonyl (C=O) groups is 1. The Balaban J connectivity index is 2.64. The zero-order chi connectivity index (χ0) is 14.6. The quantitative estimate of drug-likeness (QED) is 0.833. The zero-order valence-electron chi connectivity index (χ0n) is 11.5. The van der Waals surface area contributed by atoms with Crippen LogP contribution in [0.4, 0.5) is 5.69 Å². The summed E-state index contributed by atoms with van der Waals surface area (Å²) in [5, 5.41) is 2.68. The molecule has 0 fully saturated rings. The average Bonchev–Trinajstić information content (AvgIpc) is 2.31. The van der Waals surface area contributed by atoms with Gasteiger partial charge in [0.05, 0.1) is 6.54 Å². The summed E-state index contributed by atoms with van der Waals surface area (Å²) in [6.07, 6.45) is 0. The summed E-state index contributed by atoms with van der Waals surface area (Å²) < 4.78 is 26.1. The predicted molar refractivity (Wildman–Crippen MR) is 75.2 cm³/mol. The van der Waals surface area contributed by atoms with Crippen molar-refractivity contribution in [3.8, 4) is 0 Å². The van der Waals surface area contributed by atoms with Crippen molar-refractivity contribution in [2.45, 2.75) is 13.8 Å². The summed E-state index contributed by atoms with van der Waals surface area (Å²) in [7, 11) is -0.794. The van der Waals surface area contributed by atoms with Crippen molar-refractivity contribution in [3.05, 3.63) is 29.3 Å². The van der Waals surface area contributed by atoms with Crippen molar-refractivity contribution < 1.29 is 13.2 Å². The van der Waals surface area contributed by atoms with E-state index in [0.717, 1.165) is 15.4 Å². The molecule has 7 heteroatoms. The third-order valence-corrected chi connectivity index (χ3v) is 4.03. The van der Waals surface area contributed by atoms with E-state index in [1.807, 2.05) is 32.0 Å². The Morgan fingerprint density at radius 3 is 2.47 bits per heavy atom. The van der Waals surface area contributed by atoms with Crippen LogP contribution in [0, 0.1) is 13.8 Å². The first-order valence-electron chi connectivity index (χ1n) is 5.76. The largest absolute Gasteiger partial charge is 0.325 e. The maximum absolute atomic E-state index is 11.7. The molecule has 1 amide bonds. The third kappa shape index (κ3) is 4.62. The van der Waals surface area contributed by atoms with Gasteiger partial charge < -0.3 is 5.32 Å². The Morgan fingerprint density at radius 2 is 1.89 bits per heavy atom. The fourth-order valence-corrected chi connectivity index (χ4v) is 1.92. The number of nitrogens with zero attached hydrogens (tertiary/aromatic N) is 1. The normalized spacial score (nSPS) is 11.6. The number of hydrogen-bond acceptors (Lipinski definition) is 3. The van der Waals surface area contributed by atoms with Gasteiger partial charge in [0, 0.05) is 19.8 Å². The van der Waals surface area contributed by atoms with Gasteiger partial charge in [0.2, 0.25) is 5.91 Å². The van der Waals surface area contributed by atoms with Gasteiger partial charge in [0.15, 0.2) is 0 Å². The van der Waals surface area contributed by atoms with Crippen LogP contribution in [-0.4, -0.2) is 39.3 Å². The number of rotatable bonds is 5. The fourth-order valence-electron chi connectivity index (χ4n) is 1.35. The van der Waals surface area contributed by atoms with Gasteiger partial charge in [0.25, 0.3) is 10.2 Å². The Morgan fingerprint density at radius 1 is 1.26 bits per heavy atom. The van der Waals surface area contributed by atoms with Gasteiger partial charge >= 0.3 is 0 Å². The van der Waals surface area contributed by atoms with Gasteiger partial charge in [-0.15, -0.1) is 0 Å². The van der Waals surface area contributed by atoms with E-state index in [4.69, 9.17) is 0 Å². The van der Waals surface area contributed by atoms with Crippen LogP contribution in [0.3, 0.4) is 0 Å². The molecular weight excluding hydrogens is 266 g/mol. The lowest BCUT2D eigenvalue weighted by Crippen LogP contribution is -2.40. The maximum atomic E-state index is 11.7. The summed E-state index contributed by atoms with van der Waals surface area (Å²) in [5.74, 6) is -0.404. The fraction of sp³-hybridized carbons (Fsp3) is 0.417. The zero-order valence-corrected chi connectivity index (χ0v) is 12.3. The second kappa shape index (κ2) is 6.14. The van der Waals surface area contributed by atoms with Crippen LogP contribution in [0.1, 0.15) is 11.1 Å². The molecule has 106 valence electrons. The third-order valence-electron chi connectivity index (χ3n) is 2.56. The van der Waals surface area contributed by atoms with Crippen LogP contribution in [0.5, 0.6) is 0 Å². The van der Waals surface area contributed by atoms with Crippen LogP contribution >= 0.6 is 0 Å². The van der Waals surface area contributed by atoms with Crippen molar-refractivity contribution in [1.29, 1.82) is 0 Å². The van der Waals surface area contributed by atoms with Gasteiger partial charge in [-0.05, 0) is 31.0 Å². The van der Waals surface area contributed by atoms with Gasteiger partial charge in [-0.2, -0.15) is 17.4 Å². The number of benzene rings is 1. The number of aryl methyl sites for hydroxylation is 2. The van der Waals surface area contributed by atoms with Crippen molar-refractivity contribution in [2.75, 3.05) is 26.0 Å². The highest BCUT2D eigenvalue weighted by Crippen LogP contribution is 2.15. The molecule has 0 heterocycles. The molecule has 0 aliphatic carbocycles. The van der Waals surface area contributed by atoms with E-state index in [2.05, 4.69) is 10.0 Å². The number of anilines is 1. The Bertz CT molecular complexity index is 568. The minimum Gasteiger partial charge on any atom is -0.325 e. The second-order valence-electron chi connectivity index (χ2n) is 4.48. The summed E-state index contributed by atoms with van der Waals surface area (Å²) in [6, 6.07) is 5.68. The van der Waals surface area contributed by atoms with E-state index in [0.29, 0.717) is 5.69 Å². The van der Waals surface area contributed by atoms with E-state index >= 15 is 0 Å². The Labute approximate surface area is 114 Å². The first kappa shape index (κ1) is 15.6. The Hall–Kier alpha value is -1.44. The van der Waals surface area contributed by atoms with Crippen molar-refractivity contribution in [1.82, 2.24) is 9.03 Å². The molecule has 0 aliphatic rings. The van der Waals surface area contributed by atoms with E-state index in [-0.39, 0.29) is 6.54 Å². The molecule has 0 radical (unpaired) electrons. The van der Waals surface area contributed by atoms with Crippen LogP contribution < -0.4 is 10.0 Å². The maximum Gasteiger partial charge on any atom is 0.279 e. The van der Waals surface area contributed by atoms with Crippen LogP contribution in [0.15, 0.2) is 18.2 Å². The lowest BCUT2D eigenvalue weighted by Gasteiger charge is -2.13. The SMILES string of the molecule is Cc1ccc(C)c(NC(=O)CNS(=O)(=O)N(C)C)c1. The van der Waals surface area contributed by atoms with Crippen LogP contribution in [0.2, 0.25) is 0 Å².